The molecule has 96 valence electrons. The van der Waals surface area contributed by atoms with Gasteiger partial charge in [0.1, 0.15) is 4.83 Å². The van der Waals surface area contributed by atoms with Gasteiger partial charge in [-0.05, 0) is 13.0 Å². The number of carbonyl (C=O) groups excluding carboxylic acids is 2. The first-order chi connectivity index (χ1) is 8.49. The fourth-order valence-electron chi connectivity index (χ4n) is 1.54. The number of carbonyl (C=O) groups is 2. The highest BCUT2D eigenvalue weighted by Gasteiger charge is 2.15. The van der Waals surface area contributed by atoms with Crippen molar-refractivity contribution in [1.82, 2.24) is 15.3 Å². The Morgan fingerprint density at radius 1 is 1.61 bits per heavy atom. The Labute approximate surface area is 106 Å². The summed E-state index contributed by atoms with van der Waals surface area (Å²) in [6.07, 6.45) is 0. The molecule has 7 nitrogen and oxygen atoms in total. The molecule has 0 fully saturated rings. The molecule has 0 unspecified atom stereocenters. The van der Waals surface area contributed by atoms with E-state index in [0.717, 1.165) is 15.9 Å². The molecule has 0 saturated carbocycles. The van der Waals surface area contributed by atoms with Gasteiger partial charge >= 0.3 is 0 Å². The lowest BCUT2D eigenvalue weighted by Crippen LogP contribution is -2.28. The molecular weight excluding hydrogens is 256 g/mol. The summed E-state index contributed by atoms with van der Waals surface area (Å²) in [7, 11) is 1.82. The molecular formula is C10H12N4O3S. The number of aromatic nitrogens is 2. The smallest absolute Gasteiger partial charge is 0.285 e. The number of nitrogens with zero attached hydrogens (tertiary/aromatic N) is 2. The number of hydrogen-bond donors (Lipinski definition) is 2. The molecule has 2 amide bonds. The number of primary amides is 1. The summed E-state index contributed by atoms with van der Waals surface area (Å²) < 4.78 is 1.72. The molecule has 2 aromatic rings. The Balaban J connectivity index is 2.13. The van der Waals surface area contributed by atoms with E-state index >= 15 is 0 Å². The number of nitrogens with one attached hydrogen (secondary N) is 1. The van der Waals surface area contributed by atoms with Crippen molar-refractivity contribution in [2.24, 2.45) is 12.8 Å². The van der Waals surface area contributed by atoms with Crippen molar-refractivity contribution in [2.45, 2.75) is 6.92 Å². The van der Waals surface area contributed by atoms with Gasteiger partial charge in [0.25, 0.3) is 5.91 Å². The lowest BCUT2D eigenvalue weighted by molar-refractivity contribution is -0.124. The molecule has 2 rings (SSSR count). The van der Waals surface area contributed by atoms with E-state index in [0.29, 0.717) is 4.88 Å². The molecule has 8 heteroatoms. The Hall–Kier alpha value is -1.93. The van der Waals surface area contributed by atoms with Gasteiger partial charge in [-0.2, -0.15) is 5.10 Å². The van der Waals surface area contributed by atoms with E-state index in [1.807, 2.05) is 14.0 Å². The molecule has 0 aromatic carbocycles. The summed E-state index contributed by atoms with van der Waals surface area (Å²) in [6, 6.07) is 1.74. The molecule has 0 saturated heterocycles. The molecule has 0 aliphatic rings. The summed E-state index contributed by atoms with van der Waals surface area (Å²) in [5.41, 5.74) is 7.90. The largest absolute Gasteiger partial charge is 0.368 e. The maximum absolute atomic E-state index is 11.7. The molecule has 0 spiro atoms. The highest BCUT2D eigenvalue weighted by atomic mass is 32.1. The first kappa shape index (κ1) is 12.5. The molecule has 0 aliphatic heterocycles. The van der Waals surface area contributed by atoms with Crippen LogP contribution in [0, 0.1) is 6.92 Å². The van der Waals surface area contributed by atoms with E-state index in [1.165, 1.54) is 11.3 Å². The molecule has 0 atom stereocenters. The van der Waals surface area contributed by atoms with Crippen molar-refractivity contribution in [2.75, 3.05) is 6.61 Å². The van der Waals surface area contributed by atoms with Gasteiger partial charge in [0, 0.05) is 12.4 Å². The standard InChI is InChI=1S/C10H12N4O3S/c1-5-6-3-7(18-10(6)14(2)12-5)9(16)13-17-4-8(11)15/h3H,4H2,1-2H3,(H2,11,15)(H,13,16). The van der Waals surface area contributed by atoms with E-state index in [4.69, 9.17) is 5.73 Å². The maximum atomic E-state index is 11.7. The Kier molecular flexibility index (Phi) is 3.30. The van der Waals surface area contributed by atoms with Crippen LogP contribution in [0.2, 0.25) is 0 Å². The average molecular weight is 268 g/mol. The molecule has 3 N–H and O–H groups in total. The second-order valence-corrected chi connectivity index (χ2v) is 4.76. The molecule has 0 aliphatic carbocycles. The fourth-order valence-corrected chi connectivity index (χ4v) is 2.55. The first-order valence-corrected chi connectivity index (χ1v) is 5.94. The molecule has 0 radical (unpaired) electrons. The van der Waals surface area contributed by atoms with Gasteiger partial charge in [-0.3, -0.25) is 19.1 Å². The minimum absolute atomic E-state index is 0.350. The van der Waals surface area contributed by atoms with Crippen molar-refractivity contribution in [3.63, 3.8) is 0 Å². The highest BCUT2D eigenvalue weighted by molar-refractivity contribution is 7.20. The lowest BCUT2D eigenvalue weighted by Gasteiger charge is -2.01. The van der Waals surface area contributed by atoms with Gasteiger partial charge in [0.05, 0.1) is 10.6 Å². The molecule has 0 bridgehead atoms. The van der Waals surface area contributed by atoms with E-state index in [-0.39, 0.29) is 6.61 Å². The molecule has 2 aromatic heterocycles. The second-order valence-electron chi connectivity index (χ2n) is 3.72. The van der Waals surface area contributed by atoms with Crippen LogP contribution < -0.4 is 11.2 Å². The van der Waals surface area contributed by atoms with Gasteiger partial charge < -0.3 is 5.73 Å². The third-order valence-electron chi connectivity index (χ3n) is 2.30. The summed E-state index contributed by atoms with van der Waals surface area (Å²) in [5.74, 6) is -1.05. The van der Waals surface area contributed by atoms with E-state index in [9.17, 15) is 9.59 Å². The number of fused-ring (bicyclic) bond motifs is 1. The van der Waals surface area contributed by atoms with Crippen LogP contribution in [0.4, 0.5) is 0 Å². The van der Waals surface area contributed by atoms with Crippen molar-refractivity contribution in [1.29, 1.82) is 0 Å². The number of rotatable bonds is 4. The number of hydrogen-bond acceptors (Lipinski definition) is 5. The zero-order chi connectivity index (χ0) is 13.3. The monoisotopic (exact) mass is 268 g/mol. The molecule has 18 heavy (non-hydrogen) atoms. The van der Waals surface area contributed by atoms with Gasteiger partial charge in [-0.1, -0.05) is 0 Å². The summed E-state index contributed by atoms with van der Waals surface area (Å²) in [4.78, 5) is 28.2. The van der Waals surface area contributed by atoms with Gasteiger partial charge in [-0.15, -0.1) is 11.3 Å². The zero-order valence-corrected chi connectivity index (χ0v) is 10.7. The van der Waals surface area contributed by atoms with Crippen molar-refractivity contribution in [3.05, 3.63) is 16.6 Å². The summed E-state index contributed by atoms with van der Waals surface area (Å²) in [5, 5.41) is 5.17. The summed E-state index contributed by atoms with van der Waals surface area (Å²) >= 11 is 1.30. The second kappa shape index (κ2) is 4.75. The lowest BCUT2D eigenvalue weighted by atomic mass is 10.3. The molecule has 2 heterocycles. The van der Waals surface area contributed by atoms with E-state index < -0.39 is 11.8 Å². The number of amides is 2. The Bertz CT molecular complexity index is 581. The number of aryl methyl sites for hydroxylation is 2. The number of thiophene rings is 1. The SMILES string of the molecule is Cc1nn(C)c2sc(C(=O)NOCC(N)=O)cc12. The summed E-state index contributed by atoms with van der Waals surface area (Å²) in [6.45, 7) is 1.53. The average Bonchev–Trinajstić information content (AvgIpc) is 2.81. The van der Waals surface area contributed by atoms with Crippen LogP contribution in [0.25, 0.3) is 10.2 Å². The Morgan fingerprint density at radius 2 is 2.33 bits per heavy atom. The van der Waals surface area contributed by atoms with Gasteiger partial charge in [0.15, 0.2) is 6.61 Å². The van der Waals surface area contributed by atoms with Gasteiger partial charge in [0.2, 0.25) is 5.91 Å². The maximum Gasteiger partial charge on any atom is 0.285 e. The minimum atomic E-state index is -0.647. The normalized spacial score (nSPS) is 10.8. The topological polar surface area (TPSA) is 99.2 Å². The van der Waals surface area contributed by atoms with Crippen molar-refractivity contribution in [3.8, 4) is 0 Å². The predicted octanol–water partition coefficient (Wildman–Crippen LogP) is 0.0899. The van der Waals surface area contributed by atoms with Crippen LogP contribution >= 0.6 is 11.3 Å². The van der Waals surface area contributed by atoms with Crippen LogP contribution in [0.15, 0.2) is 6.07 Å². The predicted molar refractivity (Wildman–Crippen MR) is 65.9 cm³/mol. The Morgan fingerprint density at radius 3 is 2.94 bits per heavy atom. The number of hydroxylamine groups is 1. The zero-order valence-electron chi connectivity index (χ0n) is 9.89. The van der Waals surface area contributed by atoms with Crippen LogP contribution in [-0.4, -0.2) is 28.2 Å². The van der Waals surface area contributed by atoms with Gasteiger partial charge in [-0.25, -0.2) is 5.48 Å². The van der Waals surface area contributed by atoms with Crippen LogP contribution in [0.1, 0.15) is 15.4 Å². The van der Waals surface area contributed by atoms with E-state index in [1.54, 1.807) is 10.7 Å². The minimum Gasteiger partial charge on any atom is -0.368 e. The quantitative estimate of drug-likeness (QED) is 0.767. The van der Waals surface area contributed by atoms with Crippen molar-refractivity contribution < 1.29 is 14.4 Å². The number of nitrogens with two attached hydrogens (primary N) is 1. The van der Waals surface area contributed by atoms with E-state index in [2.05, 4.69) is 15.4 Å². The third kappa shape index (κ3) is 2.34. The van der Waals surface area contributed by atoms with Crippen molar-refractivity contribution >= 4 is 33.4 Å². The first-order valence-electron chi connectivity index (χ1n) is 5.12. The fraction of sp³-hybridized carbons (Fsp3) is 0.300. The van der Waals surface area contributed by atoms with Crippen LogP contribution in [0.3, 0.4) is 0 Å². The van der Waals surface area contributed by atoms with Crippen LogP contribution in [-0.2, 0) is 16.7 Å². The highest BCUT2D eigenvalue weighted by Crippen LogP contribution is 2.27. The third-order valence-corrected chi connectivity index (χ3v) is 3.50. The van der Waals surface area contributed by atoms with Crippen LogP contribution in [0.5, 0.6) is 0 Å².